The summed E-state index contributed by atoms with van der Waals surface area (Å²) in [7, 11) is 0. The van der Waals surface area contributed by atoms with Gasteiger partial charge < -0.3 is 5.32 Å². The second-order valence-corrected chi connectivity index (χ2v) is 8.06. The minimum atomic E-state index is -0.654. The summed E-state index contributed by atoms with van der Waals surface area (Å²) in [5, 5.41) is 3.58. The lowest BCUT2D eigenvalue weighted by Crippen LogP contribution is -2.32. The molecule has 0 aliphatic rings. The largest absolute Gasteiger partial charge is 0.324 e. The van der Waals surface area contributed by atoms with Gasteiger partial charge in [0.15, 0.2) is 0 Å². The van der Waals surface area contributed by atoms with Gasteiger partial charge in [0.1, 0.15) is 10.9 Å². The SMILES string of the molecule is Cc1cc(C)c(NC(=O)[C@H](C)n2cnc3sc(C)c(C)c3c2=O)c(C)c1. The molecule has 136 valence electrons. The highest BCUT2D eigenvalue weighted by molar-refractivity contribution is 7.18. The van der Waals surface area contributed by atoms with Gasteiger partial charge in [-0.05, 0) is 58.2 Å². The molecule has 5 nitrogen and oxygen atoms in total. The maximum atomic E-state index is 12.9. The van der Waals surface area contributed by atoms with Crippen molar-refractivity contribution in [2.75, 3.05) is 5.32 Å². The molecule has 2 heterocycles. The van der Waals surface area contributed by atoms with E-state index in [0.717, 1.165) is 37.6 Å². The molecule has 0 spiro atoms. The average Bonchev–Trinajstić information content (AvgIpc) is 2.85. The average molecular weight is 369 g/mol. The maximum absolute atomic E-state index is 12.9. The number of amides is 1. The van der Waals surface area contributed by atoms with E-state index in [1.54, 1.807) is 6.92 Å². The third kappa shape index (κ3) is 3.05. The molecule has 0 aliphatic heterocycles. The first-order valence-electron chi connectivity index (χ1n) is 8.56. The lowest BCUT2D eigenvalue weighted by Gasteiger charge is -2.18. The van der Waals surface area contributed by atoms with Crippen LogP contribution in [-0.2, 0) is 4.79 Å². The molecule has 3 rings (SSSR count). The number of fused-ring (bicyclic) bond motifs is 1. The van der Waals surface area contributed by atoms with E-state index >= 15 is 0 Å². The van der Waals surface area contributed by atoms with E-state index in [2.05, 4.69) is 10.3 Å². The van der Waals surface area contributed by atoms with Crippen molar-refractivity contribution >= 4 is 33.1 Å². The number of carbonyl (C=O) groups is 1. The van der Waals surface area contributed by atoms with Gasteiger partial charge in [0.2, 0.25) is 5.91 Å². The molecule has 2 aromatic heterocycles. The summed E-state index contributed by atoms with van der Waals surface area (Å²) in [6.45, 7) is 11.6. The van der Waals surface area contributed by atoms with Crippen molar-refractivity contribution in [2.24, 2.45) is 0 Å². The lowest BCUT2D eigenvalue weighted by atomic mass is 10.0. The fraction of sp³-hybridized carbons (Fsp3) is 0.350. The highest BCUT2D eigenvalue weighted by atomic mass is 32.1. The molecule has 6 heteroatoms. The first-order chi connectivity index (χ1) is 12.2. The van der Waals surface area contributed by atoms with Crippen molar-refractivity contribution in [2.45, 2.75) is 47.6 Å². The van der Waals surface area contributed by atoms with Crippen molar-refractivity contribution in [3.8, 4) is 0 Å². The summed E-state index contributed by atoms with van der Waals surface area (Å²) < 4.78 is 1.41. The van der Waals surface area contributed by atoms with Crippen LogP contribution < -0.4 is 10.9 Å². The van der Waals surface area contributed by atoms with Crippen molar-refractivity contribution < 1.29 is 4.79 Å². The molecular weight excluding hydrogens is 346 g/mol. The van der Waals surface area contributed by atoms with E-state index in [-0.39, 0.29) is 11.5 Å². The van der Waals surface area contributed by atoms with Crippen LogP contribution in [0.4, 0.5) is 5.69 Å². The van der Waals surface area contributed by atoms with Crippen LogP contribution in [0.5, 0.6) is 0 Å². The number of thiophene rings is 1. The molecule has 1 N–H and O–H groups in total. The molecule has 0 saturated carbocycles. The van der Waals surface area contributed by atoms with Crippen molar-refractivity contribution in [1.82, 2.24) is 9.55 Å². The quantitative estimate of drug-likeness (QED) is 0.752. The van der Waals surface area contributed by atoms with E-state index < -0.39 is 6.04 Å². The standard InChI is InChI=1S/C20H23N3O2S/c1-10-7-11(2)17(12(3)8-10)22-18(24)14(5)23-9-21-19-16(20(23)25)13(4)15(6)26-19/h7-9,14H,1-6H3,(H,22,24)/t14-/m0/s1. The van der Waals surface area contributed by atoms with E-state index in [4.69, 9.17) is 0 Å². The number of hydrogen-bond acceptors (Lipinski definition) is 4. The van der Waals surface area contributed by atoms with Crippen LogP contribution >= 0.6 is 11.3 Å². The van der Waals surface area contributed by atoms with Crippen molar-refractivity contribution in [3.05, 3.63) is 55.9 Å². The fourth-order valence-electron chi connectivity index (χ4n) is 3.26. The van der Waals surface area contributed by atoms with E-state index in [1.165, 1.54) is 22.2 Å². The fourth-order valence-corrected chi connectivity index (χ4v) is 4.24. The first-order valence-corrected chi connectivity index (χ1v) is 9.38. The molecular formula is C20H23N3O2S. The number of anilines is 1. The number of nitrogens with one attached hydrogen (secondary N) is 1. The second-order valence-electron chi connectivity index (χ2n) is 6.86. The Labute approximate surface area is 156 Å². The van der Waals surface area contributed by atoms with Gasteiger partial charge in [-0.3, -0.25) is 14.2 Å². The molecule has 1 amide bonds. The molecule has 0 unspecified atom stereocenters. The number of aromatic nitrogens is 2. The molecule has 0 aliphatic carbocycles. The Hall–Kier alpha value is -2.47. The normalized spacial score (nSPS) is 12.4. The smallest absolute Gasteiger partial charge is 0.263 e. The Balaban J connectivity index is 1.97. The zero-order valence-electron chi connectivity index (χ0n) is 15.9. The van der Waals surface area contributed by atoms with Crippen LogP contribution in [0.25, 0.3) is 10.2 Å². The third-order valence-electron chi connectivity index (χ3n) is 4.84. The molecule has 1 aromatic carbocycles. The van der Waals surface area contributed by atoms with E-state index in [1.807, 2.05) is 46.8 Å². The van der Waals surface area contributed by atoms with E-state index in [0.29, 0.717) is 5.39 Å². The number of hydrogen-bond donors (Lipinski definition) is 1. The van der Waals surface area contributed by atoms with Crippen LogP contribution in [0, 0.1) is 34.6 Å². The molecule has 3 aromatic rings. The van der Waals surface area contributed by atoms with Gasteiger partial charge in [-0.2, -0.15) is 0 Å². The Morgan fingerprint density at radius 3 is 2.38 bits per heavy atom. The van der Waals surface area contributed by atoms with E-state index in [9.17, 15) is 9.59 Å². The predicted molar refractivity (Wildman–Crippen MR) is 107 cm³/mol. The number of nitrogens with zero attached hydrogens (tertiary/aromatic N) is 2. The van der Waals surface area contributed by atoms with Crippen LogP contribution in [0.1, 0.15) is 40.1 Å². The summed E-state index contributed by atoms with van der Waals surface area (Å²) in [6, 6.07) is 3.41. The predicted octanol–water partition coefficient (Wildman–Crippen LogP) is 4.20. The molecule has 0 saturated heterocycles. The van der Waals surface area contributed by atoms with Crippen molar-refractivity contribution in [1.29, 1.82) is 0 Å². The van der Waals surface area contributed by atoms with Crippen LogP contribution in [-0.4, -0.2) is 15.5 Å². The number of aryl methyl sites for hydroxylation is 5. The highest BCUT2D eigenvalue weighted by Crippen LogP contribution is 2.26. The second kappa shape index (κ2) is 6.68. The van der Waals surface area contributed by atoms with Crippen LogP contribution in [0.3, 0.4) is 0 Å². The monoisotopic (exact) mass is 369 g/mol. The van der Waals surface area contributed by atoms with Gasteiger partial charge in [-0.1, -0.05) is 17.7 Å². The van der Waals surface area contributed by atoms with Gasteiger partial charge in [-0.25, -0.2) is 4.98 Å². The Kier molecular flexibility index (Phi) is 4.71. The Bertz CT molecular complexity index is 1060. The lowest BCUT2D eigenvalue weighted by molar-refractivity contribution is -0.118. The maximum Gasteiger partial charge on any atom is 0.263 e. The van der Waals surface area contributed by atoms with Crippen molar-refractivity contribution in [3.63, 3.8) is 0 Å². The number of benzene rings is 1. The Morgan fingerprint density at radius 1 is 1.15 bits per heavy atom. The summed E-state index contributed by atoms with van der Waals surface area (Å²) in [6.07, 6.45) is 1.47. The minimum Gasteiger partial charge on any atom is -0.324 e. The summed E-state index contributed by atoms with van der Waals surface area (Å²) >= 11 is 1.50. The summed E-state index contributed by atoms with van der Waals surface area (Å²) in [5.74, 6) is -0.229. The number of carbonyl (C=O) groups excluding carboxylic acids is 1. The molecule has 1 atom stereocenters. The Morgan fingerprint density at radius 2 is 1.77 bits per heavy atom. The van der Waals surface area contributed by atoms with Crippen LogP contribution in [0.15, 0.2) is 23.3 Å². The molecule has 0 bridgehead atoms. The van der Waals surface area contributed by atoms with Gasteiger partial charge in [-0.15, -0.1) is 11.3 Å². The van der Waals surface area contributed by atoms with Gasteiger partial charge in [0.25, 0.3) is 5.56 Å². The zero-order valence-corrected chi connectivity index (χ0v) is 16.7. The van der Waals surface area contributed by atoms with Gasteiger partial charge in [0, 0.05) is 10.6 Å². The summed E-state index contributed by atoms with van der Waals surface area (Å²) in [5.41, 5.74) is 4.74. The topological polar surface area (TPSA) is 64.0 Å². The van der Waals surface area contributed by atoms with Gasteiger partial charge >= 0.3 is 0 Å². The highest BCUT2D eigenvalue weighted by Gasteiger charge is 2.21. The summed E-state index contributed by atoms with van der Waals surface area (Å²) in [4.78, 5) is 31.9. The minimum absolute atomic E-state index is 0.170. The van der Waals surface area contributed by atoms with Gasteiger partial charge in [0.05, 0.1) is 11.7 Å². The number of rotatable bonds is 3. The molecule has 0 fully saturated rings. The third-order valence-corrected chi connectivity index (χ3v) is 5.95. The van der Waals surface area contributed by atoms with Crippen LogP contribution in [0.2, 0.25) is 0 Å². The first kappa shape index (κ1) is 18.3. The molecule has 26 heavy (non-hydrogen) atoms. The zero-order chi connectivity index (χ0) is 19.2. The molecule has 0 radical (unpaired) electrons.